The second kappa shape index (κ2) is 5.59. The summed E-state index contributed by atoms with van der Waals surface area (Å²) in [5.74, 6) is -1.56. The summed E-state index contributed by atoms with van der Waals surface area (Å²) in [7, 11) is -3.73. The molecule has 0 aliphatic rings. The van der Waals surface area contributed by atoms with Crippen molar-refractivity contribution in [3.8, 4) is 5.75 Å². The average Bonchev–Trinajstić information content (AvgIpc) is 2.18. The molecule has 0 saturated carbocycles. The van der Waals surface area contributed by atoms with Crippen LogP contribution in [0.4, 0.5) is 10.1 Å². The molecule has 2 N–H and O–H groups in total. The van der Waals surface area contributed by atoms with E-state index in [1.807, 2.05) is 0 Å². The molecule has 0 heterocycles. The first kappa shape index (κ1) is 14.8. The highest BCUT2D eigenvalue weighted by Gasteiger charge is 2.21. The minimum atomic E-state index is -3.73. The van der Waals surface area contributed by atoms with Gasteiger partial charge in [0.2, 0.25) is 15.8 Å². The van der Waals surface area contributed by atoms with Crippen molar-refractivity contribution in [2.45, 2.75) is 0 Å². The fraction of sp³-hybridized carbons (Fsp3) is 0.250. The van der Waals surface area contributed by atoms with Gasteiger partial charge < -0.3 is 4.74 Å². The molecule has 1 rings (SSSR count). The van der Waals surface area contributed by atoms with E-state index in [0.29, 0.717) is 6.07 Å². The van der Waals surface area contributed by atoms with Gasteiger partial charge in [0.25, 0.3) is 0 Å². The normalized spacial score (nSPS) is 11.3. The zero-order chi connectivity index (χ0) is 13.9. The number of nitro groups is 1. The molecule has 0 radical (unpaired) electrons. The molecule has 0 spiro atoms. The van der Waals surface area contributed by atoms with Crippen LogP contribution in [0.5, 0.6) is 5.75 Å². The first-order valence-electron chi connectivity index (χ1n) is 4.47. The second-order valence-corrected chi connectivity index (χ2v) is 5.80. The van der Waals surface area contributed by atoms with Crippen LogP contribution in [0.3, 0.4) is 0 Å². The highest BCUT2D eigenvalue weighted by Crippen LogP contribution is 2.35. The summed E-state index contributed by atoms with van der Waals surface area (Å²) in [5.41, 5.74) is -0.601. The molecule has 0 unspecified atom stereocenters. The number of hydrogen-bond acceptors (Lipinski definition) is 5. The molecule has 0 aliphatic carbocycles. The number of nitrogens with two attached hydrogens (primary N) is 1. The summed E-state index contributed by atoms with van der Waals surface area (Å²) in [4.78, 5) is 9.85. The number of sulfonamides is 1. The number of primary sulfonamides is 1. The summed E-state index contributed by atoms with van der Waals surface area (Å²) < 4.78 is 39.3. The van der Waals surface area contributed by atoms with Crippen LogP contribution >= 0.6 is 15.9 Å². The van der Waals surface area contributed by atoms with Gasteiger partial charge in [0.15, 0.2) is 0 Å². The molecule has 7 nitrogen and oxygen atoms in total. The van der Waals surface area contributed by atoms with Gasteiger partial charge in [0.1, 0.15) is 12.4 Å². The Morgan fingerprint density at radius 1 is 1.50 bits per heavy atom. The van der Waals surface area contributed by atoms with Gasteiger partial charge in [0, 0.05) is 0 Å². The van der Waals surface area contributed by atoms with Crippen LogP contribution in [-0.4, -0.2) is 25.7 Å². The van der Waals surface area contributed by atoms with E-state index in [0.717, 1.165) is 6.07 Å². The number of rotatable bonds is 5. The Morgan fingerprint density at radius 3 is 2.61 bits per heavy atom. The van der Waals surface area contributed by atoms with Gasteiger partial charge in [-0.25, -0.2) is 17.9 Å². The van der Waals surface area contributed by atoms with Crippen molar-refractivity contribution < 1.29 is 22.5 Å². The molecule has 10 heteroatoms. The van der Waals surface area contributed by atoms with Crippen LogP contribution in [0.25, 0.3) is 0 Å². The Hall–Kier alpha value is -1.26. The van der Waals surface area contributed by atoms with Crippen LogP contribution in [0.15, 0.2) is 16.6 Å². The fourth-order valence-electron chi connectivity index (χ4n) is 1.09. The summed E-state index contributed by atoms with van der Waals surface area (Å²) in [6.45, 7) is -0.371. The van der Waals surface area contributed by atoms with Crippen molar-refractivity contribution in [2.24, 2.45) is 5.14 Å². The first-order chi connectivity index (χ1) is 8.20. The van der Waals surface area contributed by atoms with Gasteiger partial charge in [-0.1, -0.05) is 0 Å². The van der Waals surface area contributed by atoms with E-state index >= 15 is 0 Å². The maximum absolute atomic E-state index is 13.0. The highest BCUT2D eigenvalue weighted by molar-refractivity contribution is 9.10. The maximum atomic E-state index is 13.0. The predicted octanol–water partition coefficient (Wildman–Crippen LogP) is 1.16. The first-order valence-corrected chi connectivity index (χ1v) is 6.98. The number of nitrogens with zero attached hydrogens (tertiary/aromatic N) is 1. The number of nitro benzene ring substituents is 1. The van der Waals surface area contributed by atoms with Gasteiger partial charge in [-0.2, -0.15) is 0 Å². The Balaban J connectivity index is 2.97. The lowest BCUT2D eigenvalue weighted by atomic mass is 10.3. The van der Waals surface area contributed by atoms with Gasteiger partial charge >= 0.3 is 5.69 Å². The standard InChI is InChI=1S/C8H8BrFN2O5S/c9-6-3-5(10)4-7(12(13)14)8(6)17-1-2-18(11,15)16/h3-4H,1-2H2,(H2,11,15,16). The van der Waals surface area contributed by atoms with Gasteiger partial charge in [-0.15, -0.1) is 0 Å². The van der Waals surface area contributed by atoms with Crippen molar-refractivity contribution in [3.63, 3.8) is 0 Å². The van der Waals surface area contributed by atoms with E-state index in [-0.39, 0.29) is 16.8 Å². The molecule has 100 valence electrons. The molecule has 1 aromatic carbocycles. The third kappa shape index (κ3) is 4.20. The molecule has 0 fully saturated rings. The third-order valence-electron chi connectivity index (χ3n) is 1.80. The fourth-order valence-corrected chi connectivity index (χ4v) is 1.94. The van der Waals surface area contributed by atoms with Crippen LogP contribution in [0, 0.1) is 15.9 Å². The smallest absolute Gasteiger partial charge is 0.315 e. The van der Waals surface area contributed by atoms with Crippen molar-refractivity contribution in [1.29, 1.82) is 0 Å². The van der Waals surface area contributed by atoms with Crippen LogP contribution in [-0.2, 0) is 10.0 Å². The lowest BCUT2D eigenvalue weighted by molar-refractivity contribution is -0.386. The summed E-state index contributed by atoms with van der Waals surface area (Å²) in [5, 5.41) is 15.4. The molecule has 18 heavy (non-hydrogen) atoms. The maximum Gasteiger partial charge on any atom is 0.315 e. The van der Waals surface area contributed by atoms with Gasteiger partial charge in [-0.3, -0.25) is 10.1 Å². The minimum Gasteiger partial charge on any atom is -0.485 e. The molecule has 0 bridgehead atoms. The number of halogens is 2. The zero-order valence-electron chi connectivity index (χ0n) is 8.80. The summed E-state index contributed by atoms with van der Waals surface area (Å²) in [6.07, 6.45) is 0. The topological polar surface area (TPSA) is 113 Å². The Labute approximate surface area is 110 Å². The lowest BCUT2D eigenvalue weighted by Gasteiger charge is -2.08. The molecular formula is C8H8BrFN2O5S. The molecule has 0 aromatic heterocycles. The van der Waals surface area contributed by atoms with Crippen molar-refractivity contribution >= 4 is 31.6 Å². The molecule has 1 aromatic rings. The number of ether oxygens (including phenoxy) is 1. The van der Waals surface area contributed by atoms with E-state index in [4.69, 9.17) is 9.88 Å². The van der Waals surface area contributed by atoms with E-state index in [1.165, 1.54) is 0 Å². The lowest BCUT2D eigenvalue weighted by Crippen LogP contribution is -2.21. The largest absolute Gasteiger partial charge is 0.485 e. The number of hydrogen-bond donors (Lipinski definition) is 1. The Bertz CT molecular complexity index is 577. The van der Waals surface area contributed by atoms with Crippen LogP contribution in [0.2, 0.25) is 0 Å². The molecular weight excluding hydrogens is 335 g/mol. The quantitative estimate of drug-likeness (QED) is 0.637. The van der Waals surface area contributed by atoms with Crippen LogP contribution < -0.4 is 9.88 Å². The second-order valence-electron chi connectivity index (χ2n) is 3.21. The van der Waals surface area contributed by atoms with Crippen molar-refractivity contribution in [3.05, 3.63) is 32.5 Å². The van der Waals surface area contributed by atoms with E-state index in [9.17, 15) is 22.9 Å². The van der Waals surface area contributed by atoms with Crippen molar-refractivity contribution in [1.82, 2.24) is 0 Å². The summed E-state index contributed by atoms with van der Waals surface area (Å²) >= 11 is 2.90. The molecule has 0 amide bonds. The minimum absolute atomic E-state index is 0.0172. The molecule has 0 saturated heterocycles. The average molecular weight is 343 g/mol. The SMILES string of the molecule is NS(=O)(=O)CCOc1c(Br)cc(F)cc1[N+](=O)[O-]. The van der Waals surface area contributed by atoms with E-state index < -0.39 is 32.2 Å². The van der Waals surface area contributed by atoms with Crippen molar-refractivity contribution in [2.75, 3.05) is 12.4 Å². The summed E-state index contributed by atoms with van der Waals surface area (Å²) in [6, 6.07) is 1.65. The zero-order valence-corrected chi connectivity index (χ0v) is 11.2. The van der Waals surface area contributed by atoms with Crippen LogP contribution in [0.1, 0.15) is 0 Å². The van der Waals surface area contributed by atoms with Gasteiger partial charge in [-0.05, 0) is 22.0 Å². The Morgan fingerprint density at radius 2 is 2.11 bits per heavy atom. The molecule has 0 aliphatic heterocycles. The monoisotopic (exact) mass is 342 g/mol. The van der Waals surface area contributed by atoms with E-state index in [1.54, 1.807) is 0 Å². The molecule has 0 atom stereocenters. The number of benzene rings is 1. The van der Waals surface area contributed by atoms with E-state index in [2.05, 4.69) is 15.9 Å². The third-order valence-corrected chi connectivity index (χ3v) is 3.12. The Kier molecular flexibility index (Phi) is 4.59. The predicted molar refractivity (Wildman–Crippen MR) is 64.2 cm³/mol. The van der Waals surface area contributed by atoms with Gasteiger partial charge in [0.05, 0.1) is 21.2 Å². The highest BCUT2D eigenvalue weighted by atomic mass is 79.9.